The molecule has 0 spiro atoms. The van der Waals surface area contributed by atoms with Gasteiger partial charge in [-0.05, 0) is 0 Å². The summed E-state index contributed by atoms with van der Waals surface area (Å²) in [4.78, 5) is 8.36. The van der Waals surface area contributed by atoms with Crippen molar-refractivity contribution in [1.82, 2.24) is 0 Å². The molecule has 0 unspecified atom stereocenters. The van der Waals surface area contributed by atoms with Crippen LogP contribution in [0.2, 0.25) is 0 Å². The van der Waals surface area contributed by atoms with Crippen LogP contribution in [-0.4, -0.2) is 33.8 Å². The number of nitrogens with zero attached hydrogens (tertiary/aromatic N) is 1. The lowest BCUT2D eigenvalue weighted by atomic mass is 11.1. The minimum absolute atomic E-state index is 0.333. The first-order valence-electron chi connectivity index (χ1n) is 2.09. The number of nitrogens with one attached hydrogen (secondary N) is 1. The standard InChI is InChI=1S/CH5N3.HNO3.H2O4S/c2*2-1(3)4;1-5(2,3)4/h(H5,2,3,4);(H,2,3,4);(H2,1,2,3,4). The van der Waals surface area contributed by atoms with Crippen LogP contribution in [0.5, 0.6) is 0 Å². The minimum atomic E-state index is -4.67. The number of rotatable bonds is 0. The molecule has 0 radical (unpaired) electrons. The van der Waals surface area contributed by atoms with E-state index in [4.69, 9.17) is 38.3 Å². The molecule has 80 valence electrons. The number of guanidine groups is 1. The monoisotopic (exact) mass is 220 g/mol. The molecule has 0 rings (SSSR count). The predicted octanol–water partition coefficient (Wildman–Crippen LogP) is -2.16. The second kappa shape index (κ2) is 8.44. The fraction of sp³-hybridized carbons (Fsp3) is 0. The number of hydrogen-bond donors (Lipinski definition) is 6. The molecule has 0 saturated carbocycles. The third-order valence-electron chi connectivity index (χ3n) is 0. The lowest BCUT2D eigenvalue weighted by Gasteiger charge is -1.69. The molecular weight excluding hydrogens is 212 g/mol. The summed E-state index contributed by atoms with van der Waals surface area (Å²) < 4.78 is 31.6. The molecule has 0 bridgehead atoms. The molecule has 0 aromatic carbocycles. The number of nitrogens with two attached hydrogens (primary N) is 2. The summed E-state index contributed by atoms with van der Waals surface area (Å²) >= 11 is 0. The molecule has 0 aromatic heterocycles. The Hall–Kier alpha value is -1.66. The quantitative estimate of drug-likeness (QED) is 0.0859. The van der Waals surface area contributed by atoms with E-state index in [1.165, 1.54) is 0 Å². The van der Waals surface area contributed by atoms with Gasteiger partial charge >= 0.3 is 10.4 Å². The van der Waals surface area contributed by atoms with Crippen LogP contribution in [0.25, 0.3) is 0 Å². The maximum absolute atomic E-state index is 8.74. The highest BCUT2D eigenvalue weighted by atomic mass is 32.3. The zero-order valence-corrected chi connectivity index (χ0v) is 6.80. The Morgan fingerprint density at radius 3 is 1.38 bits per heavy atom. The van der Waals surface area contributed by atoms with Crippen LogP contribution in [0, 0.1) is 15.5 Å². The van der Waals surface area contributed by atoms with Gasteiger partial charge in [0.2, 0.25) is 0 Å². The summed E-state index contributed by atoms with van der Waals surface area (Å²) in [5.41, 5.74) is 8.94. The second-order valence-electron chi connectivity index (χ2n) is 1.14. The fourth-order valence-corrected chi connectivity index (χ4v) is 0. The average molecular weight is 220 g/mol. The van der Waals surface area contributed by atoms with Crippen LogP contribution in [0.4, 0.5) is 0 Å². The van der Waals surface area contributed by atoms with E-state index in [1.54, 1.807) is 0 Å². The van der Waals surface area contributed by atoms with Gasteiger partial charge in [-0.2, -0.15) is 8.42 Å². The van der Waals surface area contributed by atoms with Crippen LogP contribution in [0.15, 0.2) is 0 Å². The summed E-state index contributed by atoms with van der Waals surface area (Å²) in [6, 6.07) is 0. The van der Waals surface area contributed by atoms with Crippen molar-refractivity contribution in [1.29, 1.82) is 5.41 Å². The van der Waals surface area contributed by atoms with Crippen LogP contribution >= 0.6 is 0 Å². The maximum atomic E-state index is 8.74. The number of hydrogen-bond acceptors (Lipinski definition) is 5. The van der Waals surface area contributed by atoms with Gasteiger partial charge in [0, 0.05) is 0 Å². The molecule has 0 aromatic rings. The van der Waals surface area contributed by atoms with Gasteiger partial charge in [-0.25, -0.2) is 0 Å². The lowest BCUT2D eigenvalue weighted by Crippen LogP contribution is -2.20. The molecule has 0 aliphatic rings. The lowest BCUT2D eigenvalue weighted by molar-refractivity contribution is -0.742. The van der Waals surface area contributed by atoms with Gasteiger partial charge < -0.3 is 16.7 Å². The maximum Gasteiger partial charge on any atom is 0.394 e. The van der Waals surface area contributed by atoms with E-state index < -0.39 is 15.5 Å². The Bertz CT molecular complexity index is 215. The third kappa shape index (κ3) is 261. The molecule has 0 atom stereocenters. The summed E-state index contributed by atoms with van der Waals surface area (Å²) in [7, 11) is -4.67. The zero-order chi connectivity index (χ0) is 11.7. The van der Waals surface area contributed by atoms with Gasteiger partial charge in [-0.1, -0.05) is 0 Å². The highest BCUT2D eigenvalue weighted by Crippen LogP contribution is 1.59. The van der Waals surface area contributed by atoms with Crippen molar-refractivity contribution in [2.45, 2.75) is 0 Å². The van der Waals surface area contributed by atoms with E-state index in [9.17, 15) is 0 Å². The zero-order valence-electron chi connectivity index (χ0n) is 5.98. The highest BCUT2D eigenvalue weighted by molar-refractivity contribution is 7.79. The normalized spacial score (nSPS) is 8.15. The van der Waals surface area contributed by atoms with E-state index in [1.807, 2.05) is 0 Å². The summed E-state index contributed by atoms with van der Waals surface area (Å²) in [5.74, 6) is -0.333. The van der Waals surface area contributed by atoms with Crippen molar-refractivity contribution in [2.75, 3.05) is 0 Å². The molecule has 0 aliphatic carbocycles. The smallest absolute Gasteiger partial charge is 0.370 e. The van der Waals surface area contributed by atoms with E-state index in [-0.39, 0.29) is 5.96 Å². The van der Waals surface area contributed by atoms with E-state index in [0.717, 1.165) is 0 Å². The molecule has 0 aliphatic heterocycles. The molecule has 13 heavy (non-hydrogen) atoms. The molecule has 8 N–H and O–H groups in total. The minimum Gasteiger partial charge on any atom is -0.370 e. The fourth-order valence-electron chi connectivity index (χ4n) is 0. The van der Waals surface area contributed by atoms with Gasteiger partial charge in [0.25, 0.3) is 5.09 Å². The van der Waals surface area contributed by atoms with Crippen LogP contribution < -0.4 is 11.5 Å². The van der Waals surface area contributed by atoms with Crippen molar-refractivity contribution < 1.29 is 27.8 Å². The molecular formula is CH8N4O7S. The first-order valence-corrected chi connectivity index (χ1v) is 3.49. The summed E-state index contributed by atoms with van der Waals surface area (Å²) in [6.45, 7) is 0. The van der Waals surface area contributed by atoms with Gasteiger partial charge in [0.05, 0.1) is 0 Å². The summed E-state index contributed by atoms with van der Waals surface area (Å²) in [6.07, 6.45) is 0. The van der Waals surface area contributed by atoms with Gasteiger partial charge in [0.1, 0.15) is 0 Å². The van der Waals surface area contributed by atoms with Crippen molar-refractivity contribution in [2.24, 2.45) is 11.5 Å². The molecule has 0 saturated heterocycles. The first kappa shape index (κ1) is 17.4. The highest BCUT2D eigenvalue weighted by Gasteiger charge is 1.84. The van der Waals surface area contributed by atoms with Crippen molar-refractivity contribution >= 4 is 16.4 Å². The molecule has 0 fully saturated rings. The Kier molecular flexibility index (Phi) is 11.3. The largest absolute Gasteiger partial charge is 0.394 e. The Labute approximate surface area is 72.1 Å². The molecule has 0 amide bonds. The second-order valence-corrected chi connectivity index (χ2v) is 2.04. The van der Waals surface area contributed by atoms with Gasteiger partial charge in [0.15, 0.2) is 5.96 Å². The van der Waals surface area contributed by atoms with Crippen LogP contribution in [0.3, 0.4) is 0 Å². The molecule has 0 heterocycles. The van der Waals surface area contributed by atoms with Gasteiger partial charge in [-0.15, -0.1) is 10.1 Å². The Morgan fingerprint density at radius 2 is 1.38 bits per heavy atom. The predicted molar refractivity (Wildman–Crippen MR) is 39.1 cm³/mol. The Balaban J connectivity index is -0.000000117. The molecule has 11 nitrogen and oxygen atoms in total. The van der Waals surface area contributed by atoms with Crippen molar-refractivity contribution in [3.8, 4) is 0 Å². The first-order chi connectivity index (χ1) is 5.46. The van der Waals surface area contributed by atoms with Gasteiger partial charge in [-0.3, -0.25) is 14.5 Å². The summed E-state index contributed by atoms with van der Waals surface area (Å²) in [5, 5.41) is 19.7. The Morgan fingerprint density at radius 1 is 1.38 bits per heavy atom. The van der Waals surface area contributed by atoms with E-state index in [0.29, 0.717) is 0 Å². The average Bonchev–Trinajstić information content (AvgIpc) is 1.50. The SMILES string of the molecule is N=C(N)N.O=S(=O)(O)O.O=[N+]([O-])O. The van der Waals surface area contributed by atoms with Crippen LogP contribution in [-0.2, 0) is 10.4 Å². The van der Waals surface area contributed by atoms with E-state index >= 15 is 0 Å². The van der Waals surface area contributed by atoms with Crippen molar-refractivity contribution in [3.63, 3.8) is 0 Å². The topological polar surface area (TPSA) is 214 Å². The third-order valence-corrected chi connectivity index (χ3v) is 0. The van der Waals surface area contributed by atoms with Crippen LogP contribution in [0.1, 0.15) is 0 Å². The molecule has 12 heteroatoms. The van der Waals surface area contributed by atoms with Crippen molar-refractivity contribution in [3.05, 3.63) is 10.1 Å². The van der Waals surface area contributed by atoms with E-state index in [2.05, 4.69) is 11.5 Å².